The number of hydrogen-bond donors (Lipinski definition) is 0. The Morgan fingerprint density at radius 3 is 2.29 bits per heavy atom. The van der Waals surface area contributed by atoms with E-state index in [4.69, 9.17) is 0 Å². The maximum absolute atomic E-state index is 12.2. The lowest BCUT2D eigenvalue weighted by atomic mass is 10.1. The summed E-state index contributed by atoms with van der Waals surface area (Å²) < 4.78 is 40.7. The molecule has 0 amide bonds. The lowest BCUT2D eigenvalue weighted by molar-refractivity contribution is -0.330. The van der Waals surface area contributed by atoms with E-state index in [0.29, 0.717) is 5.56 Å². The molecule has 0 saturated carbocycles. The molecular formula is C16H16F3OS+. The molecule has 112 valence electrons. The zero-order chi connectivity index (χ0) is 14.9. The third-order valence-corrected chi connectivity index (χ3v) is 6.25. The van der Waals surface area contributed by atoms with Crippen LogP contribution in [0.15, 0.2) is 41.3 Å². The highest BCUT2D eigenvalue weighted by Gasteiger charge is 2.31. The maximum Gasteiger partial charge on any atom is 0.522 e. The highest BCUT2D eigenvalue weighted by molar-refractivity contribution is 7.97. The first-order valence-electron chi connectivity index (χ1n) is 6.93. The Hall–Kier alpha value is -1.20. The van der Waals surface area contributed by atoms with Crippen LogP contribution in [0.25, 0.3) is 10.8 Å². The quantitative estimate of drug-likeness (QED) is 0.750. The fourth-order valence-corrected chi connectivity index (χ4v) is 5.24. The zero-order valence-electron chi connectivity index (χ0n) is 11.5. The van der Waals surface area contributed by atoms with Gasteiger partial charge in [-0.05, 0) is 35.9 Å². The van der Waals surface area contributed by atoms with Gasteiger partial charge in [0.1, 0.15) is 11.5 Å². The lowest BCUT2D eigenvalue weighted by Gasteiger charge is -2.12. The van der Waals surface area contributed by atoms with Gasteiger partial charge in [-0.15, -0.1) is 13.2 Å². The van der Waals surface area contributed by atoms with Crippen molar-refractivity contribution in [3.05, 3.63) is 42.0 Å². The first kappa shape index (κ1) is 14.7. The van der Waals surface area contributed by atoms with Gasteiger partial charge < -0.3 is 0 Å². The number of ether oxygens (including phenoxy) is 1. The van der Waals surface area contributed by atoms with Crippen LogP contribution < -0.4 is 0 Å². The molecule has 1 saturated heterocycles. The Kier molecular flexibility index (Phi) is 4.13. The van der Waals surface area contributed by atoms with Crippen LogP contribution in [-0.2, 0) is 22.2 Å². The van der Waals surface area contributed by atoms with Crippen molar-refractivity contribution in [1.82, 2.24) is 0 Å². The number of benzene rings is 2. The summed E-state index contributed by atoms with van der Waals surface area (Å²) in [4.78, 5) is 1.29. The average molecular weight is 313 g/mol. The van der Waals surface area contributed by atoms with Crippen LogP contribution in [-0.4, -0.2) is 17.9 Å². The molecule has 3 rings (SSSR count). The predicted molar refractivity (Wildman–Crippen MR) is 79.4 cm³/mol. The zero-order valence-corrected chi connectivity index (χ0v) is 12.3. The van der Waals surface area contributed by atoms with Crippen molar-refractivity contribution in [3.63, 3.8) is 0 Å². The van der Waals surface area contributed by atoms with E-state index in [9.17, 15) is 13.2 Å². The van der Waals surface area contributed by atoms with E-state index in [-0.39, 0.29) is 10.9 Å². The third kappa shape index (κ3) is 3.35. The number of rotatable bonds is 3. The van der Waals surface area contributed by atoms with Crippen LogP contribution >= 0.6 is 0 Å². The van der Waals surface area contributed by atoms with Crippen LogP contribution in [0.5, 0.6) is 0 Å². The third-order valence-electron chi connectivity index (χ3n) is 3.71. The van der Waals surface area contributed by atoms with E-state index in [0.717, 1.165) is 10.8 Å². The van der Waals surface area contributed by atoms with Gasteiger partial charge in [0.2, 0.25) is 0 Å². The van der Waals surface area contributed by atoms with E-state index in [1.807, 2.05) is 30.3 Å². The number of halogens is 3. The number of hydrogen-bond acceptors (Lipinski definition) is 1. The monoisotopic (exact) mass is 313 g/mol. The summed E-state index contributed by atoms with van der Waals surface area (Å²) in [5.74, 6) is 2.39. The Labute approximate surface area is 124 Å². The molecule has 1 fully saturated rings. The minimum absolute atomic E-state index is 0.242. The Balaban J connectivity index is 1.98. The van der Waals surface area contributed by atoms with Crippen molar-refractivity contribution >= 4 is 21.7 Å². The first-order valence-corrected chi connectivity index (χ1v) is 8.50. The molecule has 21 heavy (non-hydrogen) atoms. The SMILES string of the molecule is FC(F)(F)OCc1ccc([S+]2CCCC2)c2ccccc12. The number of alkyl halides is 3. The molecule has 0 bridgehead atoms. The molecule has 1 aliphatic heterocycles. The molecule has 0 radical (unpaired) electrons. The second-order valence-electron chi connectivity index (χ2n) is 5.11. The molecule has 0 spiro atoms. The lowest BCUT2D eigenvalue weighted by Crippen LogP contribution is -2.13. The largest absolute Gasteiger partial charge is 0.522 e. The Morgan fingerprint density at radius 2 is 1.62 bits per heavy atom. The van der Waals surface area contributed by atoms with Crippen LogP contribution in [0.4, 0.5) is 13.2 Å². The fourth-order valence-electron chi connectivity index (χ4n) is 2.75. The molecule has 2 aromatic carbocycles. The summed E-state index contributed by atoms with van der Waals surface area (Å²) in [5.41, 5.74) is 0.592. The minimum Gasteiger partial charge on any atom is -0.287 e. The van der Waals surface area contributed by atoms with Gasteiger partial charge in [-0.1, -0.05) is 24.3 Å². The summed E-state index contributed by atoms with van der Waals surface area (Å²) in [7, 11) is 0.242. The second kappa shape index (κ2) is 5.89. The smallest absolute Gasteiger partial charge is 0.287 e. The van der Waals surface area contributed by atoms with Crippen LogP contribution in [0.1, 0.15) is 18.4 Å². The molecule has 0 N–H and O–H groups in total. The minimum atomic E-state index is -4.59. The molecule has 0 aromatic heterocycles. The van der Waals surface area contributed by atoms with E-state index >= 15 is 0 Å². The van der Waals surface area contributed by atoms with Crippen molar-refractivity contribution in [2.75, 3.05) is 11.5 Å². The standard InChI is InChI=1S/C16H16F3OS/c17-16(18,19)20-11-12-7-8-15(21-9-3-4-10-21)14-6-2-1-5-13(12)14/h1-2,5-8H,3-4,9-11H2/q+1. The van der Waals surface area contributed by atoms with Crippen molar-refractivity contribution in [2.24, 2.45) is 0 Å². The Bertz CT molecular complexity index is 633. The van der Waals surface area contributed by atoms with Crippen molar-refractivity contribution in [3.8, 4) is 0 Å². The normalized spacial score (nSPS) is 16.7. The molecule has 5 heteroatoms. The molecule has 1 nitrogen and oxygen atoms in total. The predicted octanol–water partition coefficient (Wildman–Crippen LogP) is 4.65. The summed E-state index contributed by atoms with van der Waals surface area (Å²) in [5, 5.41) is 1.95. The maximum atomic E-state index is 12.2. The molecular weight excluding hydrogens is 297 g/mol. The molecule has 0 unspecified atom stereocenters. The van der Waals surface area contributed by atoms with E-state index in [2.05, 4.69) is 4.74 Å². The van der Waals surface area contributed by atoms with Gasteiger partial charge in [0.25, 0.3) is 0 Å². The van der Waals surface area contributed by atoms with Gasteiger partial charge in [0, 0.05) is 16.3 Å². The summed E-state index contributed by atoms with van der Waals surface area (Å²) in [6.07, 6.45) is -2.10. The fraction of sp³-hybridized carbons (Fsp3) is 0.375. The van der Waals surface area contributed by atoms with Crippen molar-refractivity contribution < 1.29 is 17.9 Å². The molecule has 0 atom stereocenters. The molecule has 2 aromatic rings. The van der Waals surface area contributed by atoms with Crippen LogP contribution in [0, 0.1) is 0 Å². The molecule has 1 heterocycles. The van der Waals surface area contributed by atoms with Crippen LogP contribution in [0.3, 0.4) is 0 Å². The van der Waals surface area contributed by atoms with E-state index in [1.165, 1.54) is 29.2 Å². The van der Waals surface area contributed by atoms with Crippen LogP contribution in [0.2, 0.25) is 0 Å². The van der Waals surface area contributed by atoms with E-state index < -0.39 is 13.0 Å². The Morgan fingerprint density at radius 1 is 0.952 bits per heavy atom. The van der Waals surface area contributed by atoms with E-state index in [1.54, 1.807) is 6.07 Å². The highest BCUT2D eigenvalue weighted by Crippen LogP contribution is 2.32. The first-order chi connectivity index (χ1) is 10.0. The van der Waals surface area contributed by atoms with Crippen molar-refractivity contribution in [2.45, 2.75) is 30.7 Å². The van der Waals surface area contributed by atoms with Gasteiger partial charge in [-0.25, -0.2) is 0 Å². The van der Waals surface area contributed by atoms with Gasteiger partial charge >= 0.3 is 6.36 Å². The van der Waals surface area contributed by atoms with Crippen molar-refractivity contribution in [1.29, 1.82) is 0 Å². The van der Waals surface area contributed by atoms with Gasteiger partial charge in [0.05, 0.1) is 6.61 Å². The average Bonchev–Trinajstić information content (AvgIpc) is 2.97. The second-order valence-corrected chi connectivity index (χ2v) is 7.35. The van der Waals surface area contributed by atoms with Gasteiger partial charge in [-0.3, -0.25) is 4.74 Å². The molecule has 1 aliphatic rings. The summed E-state index contributed by atoms with van der Waals surface area (Å²) in [6, 6.07) is 11.5. The topological polar surface area (TPSA) is 9.23 Å². The highest BCUT2D eigenvalue weighted by atomic mass is 32.2. The summed E-state index contributed by atoms with van der Waals surface area (Å²) >= 11 is 0. The van der Waals surface area contributed by atoms with Gasteiger partial charge in [-0.2, -0.15) is 0 Å². The molecule has 0 aliphatic carbocycles. The number of fused-ring (bicyclic) bond motifs is 1. The van der Waals surface area contributed by atoms with Gasteiger partial charge in [0.15, 0.2) is 4.90 Å². The summed E-state index contributed by atoms with van der Waals surface area (Å²) in [6.45, 7) is -0.432.